The monoisotopic (exact) mass is 230 g/mol. The second kappa shape index (κ2) is 6.09. The van der Waals surface area contributed by atoms with Gasteiger partial charge in [0.1, 0.15) is 12.1 Å². The fourth-order valence-electron chi connectivity index (χ4n) is 0.816. The van der Waals surface area contributed by atoms with Gasteiger partial charge in [-0.2, -0.15) is 0 Å². The lowest BCUT2D eigenvalue weighted by Crippen LogP contribution is -2.40. The quantitative estimate of drug-likeness (QED) is 0.642. The van der Waals surface area contributed by atoms with Crippen LogP contribution in [0.2, 0.25) is 0 Å². The number of rotatable bonds is 4. The Morgan fingerprint density at radius 2 is 1.62 bits per heavy atom. The molecule has 0 aromatic rings. The summed E-state index contributed by atoms with van der Waals surface area (Å²) in [5, 5.41) is 4.65. The lowest BCUT2D eigenvalue weighted by Gasteiger charge is -2.19. The smallest absolute Gasteiger partial charge is 0.325 e. The SMILES string of the molecule is CC(=O)NCC(=O)NCC(=O)OC(C)(C)C. The van der Waals surface area contributed by atoms with Gasteiger partial charge in [-0.3, -0.25) is 14.4 Å². The van der Waals surface area contributed by atoms with E-state index in [4.69, 9.17) is 4.74 Å². The molecule has 92 valence electrons. The summed E-state index contributed by atoms with van der Waals surface area (Å²) in [6.45, 7) is 6.19. The number of esters is 1. The predicted octanol–water partition coefficient (Wildman–Crippen LogP) is -0.420. The molecule has 0 atom stereocenters. The van der Waals surface area contributed by atoms with Gasteiger partial charge in [-0.25, -0.2) is 0 Å². The molecule has 0 aliphatic heterocycles. The second-order valence-corrected chi connectivity index (χ2v) is 4.27. The minimum absolute atomic E-state index is 0.141. The maximum Gasteiger partial charge on any atom is 0.325 e. The van der Waals surface area contributed by atoms with Crippen molar-refractivity contribution < 1.29 is 19.1 Å². The third-order valence-corrected chi connectivity index (χ3v) is 1.35. The first kappa shape index (κ1) is 14.4. The molecule has 0 fully saturated rings. The van der Waals surface area contributed by atoms with Crippen LogP contribution in [0.5, 0.6) is 0 Å². The average Bonchev–Trinajstić information content (AvgIpc) is 2.08. The Morgan fingerprint density at radius 3 is 2.06 bits per heavy atom. The van der Waals surface area contributed by atoms with Crippen molar-refractivity contribution in [1.29, 1.82) is 0 Å². The molecular formula is C10H18N2O4. The zero-order chi connectivity index (χ0) is 12.8. The van der Waals surface area contributed by atoms with E-state index in [9.17, 15) is 14.4 Å². The van der Waals surface area contributed by atoms with Crippen LogP contribution in [0.1, 0.15) is 27.7 Å². The van der Waals surface area contributed by atoms with Crippen molar-refractivity contribution in [2.45, 2.75) is 33.3 Å². The molecule has 2 N–H and O–H groups in total. The Hall–Kier alpha value is -1.59. The van der Waals surface area contributed by atoms with Crippen LogP contribution in [0.25, 0.3) is 0 Å². The fourth-order valence-corrected chi connectivity index (χ4v) is 0.816. The van der Waals surface area contributed by atoms with Crippen LogP contribution in [-0.2, 0) is 19.1 Å². The van der Waals surface area contributed by atoms with Gasteiger partial charge >= 0.3 is 5.97 Å². The minimum Gasteiger partial charge on any atom is -0.459 e. The summed E-state index contributed by atoms with van der Waals surface area (Å²) in [7, 11) is 0. The molecule has 0 heterocycles. The van der Waals surface area contributed by atoms with Gasteiger partial charge in [0.05, 0.1) is 6.54 Å². The van der Waals surface area contributed by atoms with E-state index in [2.05, 4.69) is 10.6 Å². The Balaban J connectivity index is 3.76. The summed E-state index contributed by atoms with van der Waals surface area (Å²) in [6.07, 6.45) is 0. The fraction of sp³-hybridized carbons (Fsp3) is 0.700. The average molecular weight is 230 g/mol. The van der Waals surface area contributed by atoms with E-state index < -0.39 is 17.5 Å². The Labute approximate surface area is 94.7 Å². The third-order valence-electron chi connectivity index (χ3n) is 1.35. The molecule has 0 aliphatic carbocycles. The maximum absolute atomic E-state index is 11.2. The Bertz CT molecular complexity index is 281. The number of amides is 2. The Kier molecular flexibility index (Phi) is 5.49. The molecule has 0 unspecified atom stereocenters. The van der Waals surface area contributed by atoms with Gasteiger partial charge < -0.3 is 15.4 Å². The number of carbonyl (C=O) groups excluding carboxylic acids is 3. The van der Waals surface area contributed by atoms with Gasteiger partial charge in [-0.15, -0.1) is 0 Å². The molecular weight excluding hydrogens is 212 g/mol. The molecule has 0 aromatic heterocycles. The highest BCUT2D eigenvalue weighted by atomic mass is 16.6. The zero-order valence-corrected chi connectivity index (χ0v) is 10.0. The largest absolute Gasteiger partial charge is 0.459 e. The van der Waals surface area contributed by atoms with E-state index in [0.717, 1.165) is 0 Å². The van der Waals surface area contributed by atoms with Crippen molar-refractivity contribution >= 4 is 17.8 Å². The van der Waals surface area contributed by atoms with Crippen LogP contribution in [-0.4, -0.2) is 36.5 Å². The van der Waals surface area contributed by atoms with Crippen LogP contribution < -0.4 is 10.6 Å². The molecule has 0 saturated heterocycles. The summed E-state index contributed by atoms with van der Waals surface area (Å²) in [5.74, 6) is -1.24. The van der Waals surface area contributed by atoms with Crippen LogP contribution in [0, 0.1) is 0 Å². The van der Waals surface area contributed by atoms with Crippen molar-refractivity contribution in [3.8, 4) is 0 Å². The van der Waals surface area contributed by atoms with Crippen molar-refractivity contribution in [1.82, 2.24) is 10.6 Å². The van der Waals surface area contributed by atoms with E-state index in [1.807, 2.05) is 0 Å². The molecule has 0 bridgehead atoms. The van der Waals surface area contributed by atoms with Crippen molar-refractivity contribution in [2.75, 3.05) is 13.1 Å². The first-order chi connectivity index (χ1) is 7.20. The zero-order valence-electron chi connectivity index (χ0n) is 10.0. The number of carbonyl (C=O) groups is 3. The summed E-state index contributed by atoms with van der Waals surface area (Å²) in [4.78, 5) is 32.8. The first-order valence-electron chi connectivity index (χ1n) is 4.93. The van der Waals surface area contributed by atoms with Crippen molar-refractivity contribution in [3.05, 3.63) is 0 Å². The second-order valence-electron chi connectivity index (χ2n) is 4.27. The molecule has 6 nitrogen and oxygen atoms in total. The van der Waals surface area contributed by atoms with E-state index in [1.54, 1.807) is 20.8 Å². The van der Waals surface area contributed by atoms with E-state index in [0.29, 0.717) is 0 Å². The summed E-state index contributed by atoms with van der Waals surface area (Å²) < 4.78 is 4.97. The molecule has 0 radical (unpaired) electrons. The van der Waals surface area contributed by atoms with E-state index >= 15 is 0 Å². The molecule has 0 rings (SSSR count). The van der Waals surface area contributed by atoms with Crippen LogP contribution in [0.15, 0.2) is 0 Å². The number of nitrogens with one attached hydrogen (secondary N) is 2. The predicted molar refractivity (Wildman–Crippen MR) is 57.5 cm³/mol. The summed E-state index contributed by atoms with van der Waals surface area (Å²) >= 11 is 0. The lowest BCUT2D eigenvalue weighted by atomic mass is 10.2. The van der Waals surface area contributed by atoms with Crippen molar-refractivity contribution in [2.24, 2.45) is 0 Å². The Morgan fingerprint density at radius 1 is 1.06 bits per heavy atom. The number of hydrogen-bond acceptors (Lipinski definition) is 4. The standard InChI is InChI=1S/C10H18N2O4/c1-7(13)11-5-8(14)12-6-9(15)16-10(2,3)4/h5-6H2,1-4H3,(H,11,13)(H,12,14). The van der Waals surface area contributed by atoms with E-state index in [-0.39, 0.29) is 19.0 Å². The van der Waals surface area contributed by atoms with Gasteiger partial charge in [0.15, 0.2) is 0 Å². The van der Waals surface area contributed by atoms with Gasteiger partial charge in [-0.05, 0) is 20.8 Å². The highest BCUT2D eigenvalue weighted by Crippen LogP contribution is 2.05. The third kappa shape index (κ3) is 8.98. The van der Waals surface area contributed by atoms with Gasteiger partial charge in [-0.1, -0.05) is 0 Å². The molecule has 6 heteroatoms. The summed E-state index contributed by atoms with van der Waals surface area (Å²) in [5.41, 5.74) is -0.570. The molecule has 0 aromatic carbocycles. The normalized spacial score (nSPS) is 10.5. The van der Waals surface area contributed by atoms with Gasteiger partial charge in [0, 0.05) is 6.92 Å². The lowest BCUT2D eigenvalue weighted by molar-refractivity contribution is -0.154. The molecule has 16 heavy (non-hydrogen) atoms. The van der Waals surface area contributed by atoms with Gasteiger partial charge in [0.25, 0.3) is 0 Å². The highest BCUT2D eigenvalue weighted by Gasteiger charge is 2.16. The molecule has 0 saturated carbocycles. The number of ether oxygens (including phenoxy) is 1. The van der Waals surface area contributed by atoms with Crippen LogP contribution >= 0.6 is 0 Å². The summed E-state index contributed by atoms with van der Waals surface area (Å²) in [6, 6.07) is 0. The van der Waals surface area contributed by atoms with Gasteiger partial charge in [0.2, 0.25) is 11.8 Å². The highest BCUT2D eigenvalue weighted by molar-refractivity contribution is 5.86. The maximum atomic E-state index is 11.2. The molecule has 0 spiro atoms. The number of hydrogen-bond donors (Lipinski definition) is 2. The topological polar surface area (TPSA) is 84.5 Å². The molecule has 0 aliphatic rings. The van der Waals surface area contributed by atoms with Crippen LogP contribution in [0.4, 0.5) is 0 Å². The van der Waals surface area contributed by atoms with Crippen molar-refractivity contribution in [3.63, 3.8) is 0 Å². The van der Waals surface area contributed by atoms with E-state index in [1.165, 1.54) is 6.92 Å². The van der Waals surface area contributed by atoms with Crippen LogP contribution in [0.3, 0.4) is 0 Å². The first-order valence-corrected chi connectivity index (χ1v) is 4.93. The molecule has 2 amide bonds. The minimum atomic E-state index is -0.570.